The Morgan fingerprint density at radius 1 is 1.19 bits per heavy atom. The molecule has 1 aromatic carbocycles. The molecule has 0 atom stereocenters. The maximum atomic E-state index is 5.54. The van der Waals surface area contributed by atoms with Crippen LogP contribution in [-0.4, -0.2) is 23.8 Å². The van der Waals surface area contributed by atoms with Gasteiger partial charge in [-0.2, -0.15) is 0 Å². The maximum Gasteiger partial charge on any atom is 0.171 e. The number of rotatable bonds is 5. The fourth-order valence-electron chi connectivity index (χ4n) is 3.24. The van der Waals surface area contributed by atoms with Crippen LogP contribution < -0.4 is 9.47 Å². The van der Waals surface area contributed by atoms with Crippen molar-refractivity contribution in [1.82, 2.24) is 9.55 Å². The van der Waals surface area contributed by atoms with Gasteiger partial charge in [0.25, 0.3) is 0 Å². The quantitative estimate of drug-likeness (QED) is 0.839. The van der Waals surface area contributed by atoms with E-state index in [0.717, 1.165) is 35.3 Å². The molecule has 0 aliphatic heterocycles. The van der Waals surface area contributed by atoms with E-state index in [1.54, 1.807) is 14.2 Å². The third-order valence-electron chi connectivity index (χ3n) is 4.29. The van der Waals surface area contributed by atoms with E-state index in [2.05, 4.69) is 15.7 Å². The summed E-state index contributed by atoms with van der Waals surface area (Å²) in [6, 6.07) is 5.92. The highest BCUT2D eigenvalue weighted by atomic mass is 16.5. The van der Waals surface area contributed by atoms with Gasteiger partial charge in [0, 0.05) is 18.9 Å². The highest BCUT2D eigenvalue weighted by Crippen LogP contribution is 2.37. The first-order valence-corrected chi connectivity index (χ1v) is 7.56. The number of aromatic nitrogens is 2. The van der Waals surface area contributed by atoms with Crippen molar-refractivity contribution in [3.63, 3.8) is 0 Å². The van der Waals surface area contributed by atoms with Gasteiger partial charge in [0.2, 0.25) is 0 Å². The fraction of sp³-hybridized carbons (Fsp3) is 0.471. The number of imidazole rings is 1. The van der Waals surface area contributed by atoms with E-state index in [0.29, 0.717) is 0 Å². The summed E-state index contributed by atoms with van der Waals surface area (Å²) >= 11 is 0. The molecule has 0 unspecified atom stereocenters. The van der Waals surface area contributed by atoms with Gasteiger partial charge in [-0.15, -0.1) is 0 Å². The highest BCUT2D eigenvalue weighted by molar-refractivity contribution is 5.69. The van der Waals surface area contributed by atoms with Gasteiger partial charge in [-0.3, -0.25) is 0 Å². The molecule has 2 aromatic rings. The topological polar surface area (TPSA) is 36.3 Å². The summed E-state index contributed by atoms with van der Waals surface area (Å²) in [5, 5.41) is 0. The van der Waals surface area contributed by atoms with E-state index in [4.69, 9.17) is 9.47 Å². The molecule has 1 fully saturated rings. The van der Waals surface area contributed by atoms with E-state index in [1.165, 1.54) is 25.7 Å². The Kier molecular flexibility index (Phi) is 4.13. The summed E-state index contributed by atoms with van der Waals surface area (Å²) < 4.78 is 13.2. The van der Waals surface area contributed by atoms with Crippen molar-refractivity contribution in [3.8, 4) is 22.9 Å². The van der Waals surface area contributed by atoms with Crippen LogP contribution in [0.2, 0.25) is 0 Å². The van der Waals surface area contributed by atoms with Gasteiger partial charge in [-0.25, -0.2) is 4.98 Å². The van der Waals surface area contributed by atoms with Crippen LogP contribution in [0.3, 0.4) is 0 Å². The minimum absolute atomic E-state index is 0.741. The van der Waals surface area contributed by atoms with Crippen LogP contribution in [0.1, 0.15) is 25.7 Å². The first kappa shape index (κ1) is 14.0. The van der Waals surface area contributed by atoms with E-state index in [1.807, 2.05) is 24.4 Å². The molecule has 0 saturated heterocycles. The standard InChI is InChI=1S/C17H22N2O2/c1-20-15-9-5-8-14(16(15)21-2)17-18-10-11-19(17)12-13-6-3-4-7-13/h5,8-11,13H,3-4,6-7,12H2,1-2H3. The summed E-state index contributed by atoms with van der Waals surface area (Å²) in [5.74, 6) is 3.22. The Hall–Kier alpha value is -1.97. The molecule has 0 bridgehead atoms. The average Bonchev–Trinajstić information content (AvgIpc) is 3.18. The lowest BCUT2D eigenvalue weighted by Crippen LogP contribution is -2.08. The van der Waals surface area contributed by atoms with Crippen LogP contribution in [0.25, 0.3) is 11.4 Å². The van der Waals surface area contributed by atoms with Gasteiger partial charge >= 0.3 is 0 Å². The molecule has 1 saturated carbocycles. The second kappa shape index (κ2) is 6.20. The number of nitrogens with zero attached hydrogens (tertiary/aromatic N) is 2. The van der Waals surface area contributed by atoms with E-state index in [-0.39, 0.29) is 0 Å². The molecule has 0 radical (unpaired) electrons. The van der Waals surface area contributed by atoms with E-state index in [9.17, 15) is 0 Å². The van der Waals surface area contributed by atoms with Crippen LogP contribution in [0.15, 0.2) is 30.6 Å². The van der Waals surface area contributed by atoms with Crippen molar-refractivity contribution in [2.45, 2.75) is 32.2 Å². The molecular weight excluding hydrogens is 264 g/mol. The van der Waals surface area contributed by atoms with Gasteiger partial charge in [0.1, 0.15) is 5.82 Å². The summed E-state index contributed by atoms with van der Waals surface area (Å²) in [6.45, 7) is 1.04. The molecule has 1 aliphatic carbocycles. The molecule has 1 aliphatic rings. The van der Waals surface area contributed by atoms with Crippen LogP contribution >= 0.6 is 0 Å². The summed E-state index contributed by atoms with van der Waals surface area (Å²) in [7, 11) is 3.33. The molecule has 4 nitrogen and oxygen atoms in total. The van der Waals surface area contributed by atoms with Crippen molar-refractivity contribution in [2.75, 3.05) is 14.2 Å². The Bertz CT molecular complexity index is 601. The van der Waals surface area contributed by atoms with E-state index >= 15 is 0 Å². The maximum absolute atomic E-state index is 5.54. The lowest BCUT2D eigenvalue weighted by molar-refractivity contribution is 0.355. The molecule has 0 spiro atoms. The van der Waals surface area contributed by atoms with Gasteiger partial charge < -0.3 is 14.0 Å². The first-order chi connectivity index (χ1) is 10.3. The van der Waals surface area contributed by atoms with Gasteiger partial charge in [-0.1, -0.05) is 18.9 Å². The monoisotopic (exact) mass is 286 g/mol. The summed E-state index contributed by atoms with van der Waals surface area (Å²) in [4.78, 5) is 4.54. The predicted molar refractivity (Wildman–Crippen MR) is 82.7 cm³/mol. The van der Waals surface area contributed by atoms with Crippen LogP contribution in [0.5, 0.6) is 11.5 Å². The second-order valence-corrected chi connectivity index (χ2v) is 5.59. The third-order valence-corrected chi connectivity index (χ3v) is 4.29. The molecule has 1 heterocycles. The zero-order valence-electron chi connectivity index (χ0n) is 12.7. The minimum atomic E-state index is 0.741. The van der Waals surface area contributed by atoms with Crippen molar-refractivity contribution >= 4 is 0 Å². The zero-order chi connectivity index (χ0) is 14.7. The number of methoxy groups -OCH3 is 2. The number of benzene rings is 1. The van der Waals surface area contributed by atoms with Crippen molar-refractivity contribution in [3.05, 3.63) is 30.6 Å². The van der Waals surface area contributed by atoms with Crippen molar-refractivity contribution in [1.29, 1.82) is 0 Å². The molecule has 112 valence electrons. The fourth-order valence-corrected chi connectivity index (χ4v) is 3.24. The van der Waals surface area contributed by atoms with Crippen molar-refractivity contribution in [2.24, 2.45) is 5.92 Å². The van der Waals surface area contributed by atoms with Gasteiger partial charge in [0.15, 0.2) is 11.5 Å². The predicted octanol–water partition coefficient (Wildman–Crippen LogP) is 3.76. The molecule has 4 heteroatoms. The number of hydrogen-bond acceptors (Lipinski definition) is 3. The number of hydrogen-bond donors (Lipinski definition) is 0. The molecule has 0 N–H and O–H groups in total. The van der Waals surface area contributed by atoms with Crippen LogP contribution in [0, 0.1) is 5.92 Å². The largest absolute Gasteiger partial charge is 0.493 e. The molecular formula is C17H22N2O2. The van der Waals surface area contributed by atoms with Gasteiger partial charge in [-0.05, 0) is 30.9 Å². The number of ether oxygens (including phenoxy) is 2. The third kappa shape index (κ3) is 2.75. The Labute approximate surface area is 125 Å². The molecule has 3 rings (SSSR count). The van der Waals surface area contributed by atoms with Crippen molar-refractivity contribution < 1.29 is 9.47 Å². The normalized spacial score (nSPS) is 15.3. The van der Waals surface area contributed by atoms with E-state index < -0.39 is 0 Å². The number of para-hydroxylation sites is 1. The van der Waals surface area contributed by atoms with Gasteiger partial charge in [0.05, 0.1) is 19.8 Å². The highest BCUT2D eigenvalue weighted by Gasteiger charge is 2.19. The second-order valence-electron chi connectivity index (χ2n) is 5.59. The van der Waals surface area contributed by atoms with Crippen LogP contribution in [-0.2, 0) is 6.54 Å². The summed E-state index contributed by atoms with van der Waals surface area (Å²) in [6.07, 6.45) is 9.30. The average molecular weight is 286 g/mol. The summed E-state index contributed by atoms with van der Waals surface area (Å²) in [5.41, 5.74) is 0.986. The molecule has 1 aromatic heterocycles. The molecule has 21 heavy (non-hydrogen) atoms. The first-order valence-electron chi connectivity index (χ1n) is 7.56. The lowest BCUT2D eigenvalue weighted by Gasteiger charge is -2.16. The SMILES string of the molecule is COc1cccc(-c2nccn2CC2CCCC2)c1OC. The Balaban J connectivity index is 1.95. The Morgan fingerprint density at radius 2 is 2.00 bits per heavy atom. The minimum Gasteiger partial charge on any atom is -0.493 e. The zero-order valence-corrected chi connectivity index (χ0v) is 12.7. The lowest BCUT2D eigenvalue weighted by atomic mass is 10.1. The Morgan fingerprint density at radius 3 is 2.71 bits per heavy atom. The molecule has 0 amide bonds. The smallest absolute Gasteiger partial charge is 0.171 e. The van der Waals surface area contributed by atoms with Crippen LogP contribution in [0.4, 0.5) is 0 Å².